The summed E-state index contributed by atoms with van der Waals surface area (Å²) < 4.78 is 37.9. The molecule has 256 valence electrons. The zero-order valence-corrected chi connectivity index (χ0v) is 27.9. The van der Waals surface area contributed by atoms with Crippen molar-refractivity contribution in [3.8, 4) is 11.1 Å². The number of ether oxygens (including phenoxy) is 6. The van der Waals surface area contributed by atoms with E-state index in [-0.39, 0.29) is 25.7 Å². The van der Waals surface area contributed by atoms with Crippen LogP contribution in [0.15, 0.2) is 140 Å². The highest BCUT2D eigenvalue weighted by Gasteiger charge is 2.49. The number of methoxy groups -OCH3 is 1. The van der Waals surface area contributed by atoms with Crippen LogP contribution in [0.3, 0.4) is 0 Å². The van der Waals surface area contributed by atoms with E-state index < -0.39 is 36.9 Å². The molecule has 0 radical (unpaired) electrons. The topological polar surface area (TPSA) is 84.5 Å². The molecule has 50 heavy (non-hydrogen) atoms. The third-order valence-corrected chi connectivity index (χ3v) is 9.19. The predicted molar refractivity (Wildman–Crippen MR) is 189 cm³/mol. The van der Waals surface area contributed by atoms with Crippen LogP contribution in [0.5, 0.6) is 0 Å². The Bertz CT molecular complexity index is 1770. The molecule has 0 spiro atoms. The summed E-state index contributed by atoms with van der Waals surface area (Å²) in [5, 5.41) is 2.94. The number of amides is 1. The molecule has 1 fully saturated rings. The Morgan fingerprint density at radius 3 is 1.52 bits per heavy atom. The highest BCUT2D eigenvalue weighted by atomic mass is 16.7. The Morgan fingerprint density at radius 2 is 1.02 bits per heavy atom. The molecule has 1 saturated heterocycles. The average molecular weight is 672 g/mol. The van der Waals surface area contributed by atoms with E-state index in [9.17, 15) is 4.79 Å². The number of benzene rings is 5. The lowest BCUT2D eigenvalue weighted by Gasteiger charge is -2.45. The molecule has 0 unspecified atom stereocenters. The van der Waals surface area contributed by atoms with Crippen LogP contribution in [0, 0.1) is 0 Å². The van der Waals surface area contributed by atoms with Crippen LogP contribution in [0.4, 0.5) is 4.79 Å². The number of carbonyl (C=O) groups excluding carboxylic acids is 1. The van der Waals surface area contributed by atoms with Crippen LogP contribution in [-0.2, 0) is 48.2 Å². The van der Waals surface area contributed by atoms with Gasteiger partial charge >= 0.3 is 6.09 Å². The van der Waals surface area contributed by atoms with Crippen molar-refractivity contribution in [2.24, 2.45) is 0 Å². The van der Waals surface area contributed by atoms with Crippen molar-refractivity contribution in [2.45, 2.75) is 56.6 Å². The molecule has 1 heterocycles. The van der Waals surface area contributed by atoms with Crippen molar-refractivity contribution in [1.29, 1.82) is 0 Å². The molecule has 1 aliphatic heterocycles. The first kappa shape index (κ1) is 33.7. The maximum absolute atomic E-state index is 13.6. The van der Waals surface area contributed by atoms with Crippen molar-refractivity contribution in [1.82, 2.24) is 5.32 Å². The molecule has 5 aromatic carbocycles. The van der Waals surface area contributed by atoms with Crippen LogP contribution in [0.25, 0.3) is 11.1 Å². The van der Waals surface area contributed by atoms with E-state index in [0.29, 0.717) is 6.61 Å². The maximum atomic E-state index is 13.6. The second-order valence-corrected chi connectivity index (χ2v) is 12.4. The minimum Gasteiger partial charge on any atom is -0.448 e. The van der Waals surface area contributed by atoms with Gasteiger partial charge in [0.15, 0.2) is 12.5 Å². The summed E-state index contributed by atoms with van der Waals surface area (Å²) >= 11 is 0. The molecule has 2 aliphatic rings. The molecule has 8 nitrogen and oxygen atoms in total. The third kappa shape index (κ3) is 7.81. The van der Waals surface area contributed by atoms with Crippen molar-refractivity contribution < 1.29 is 33.2 Å². The highest BCUT2D eigenvalue weighted by molar-refractivity contribution is 5.79. The van der Waals surface area contributed by atoms with Gasteiger partial charge in [-0.05, 0) is 38.9 Å². The molecule has 0 aromatic heterocycles. The monoisotopic (exact) mass is 671 g/mol. The van der Waals surface area contributed by atoms with Gasteiger partial charge in [0.25, 0.3) is 0 Å². The minimum absolute atomic E-state index is 0.0880. The summed E-state index contributed by atoms with van der Waals surface area (Å²) in [6, 6.07) is 46.1. The largest absolute Gasteiger partial charge is 0.448 e. The summed E-state index contributed by atoms with van der Waals surface area (Å²) in [5.41, 5.74) is 7.51. The fourth-order valence-corrected chi connectivity index (χ4v) is 6.72. The number of hydrogen-bond acceptors (Lipinski definition) is 7. The van der Waals surface area contributed by atoms with Gasteiger partial charge in [-0.1, -0.05) is 140 Å². The smallest absolute Gasteiger partial charge is 0.409 e. The van der Waals surface area contributed by atoms with Gasteiger partial charge < -0.3 is 28.4 Å². The van der Waals surface area contributed by atoms with Crippen LogP contribution in [0.1, 0.15) is 33.7 Å². The molecular formula is C42H41NO7. The molecule has 1 amide bonds. The van der Waals surface area contributed by atoms with Gasteiger partial charge in [-0.25, -0.2) is 4.79 Å². The first-order chi connectivity index (χ1) is 24.7. The first-order valence-electron chi connectivity index (χ1n) is 16.9. The zero-order chi connectivity index (χ0) is 34.1. The summed E-state index contributed by atoms with van der Waals surface area (Å²) in [4.78, 5) is 13.6. The van der Waals surface area contributed by atoms with E-state index in [4.69, 9.17) is 28.4 Å². The van der Waals surface area contributed by atoms with Crippen molar-refractivity contribution in [3.05, 3.63) is 167 Å². The number of alkyl carbamates (subject to hydrolysis) is 1. The summed E-state index contributed by atoms with van der Waals surface area (Å²) in [5.74, 6) is -0.0880. The lowest BCUT2D eigenvalue weighted by atomic mass is 9.98. The van der Waals surface area contributed by atoms with Crippen molar-refractivity contribution in [2.75, 3.05) is 13.7 Å². The van der Waals surface area contributed by atoms with E-state index in [1.54, 1.807) is 7.11 Å². The second-order valence-electron chi connectivity index (χ2n) is 12.4. The Balaban J connectivity index is 1.13. The molecule has 0 saturated carbocycles. The molecule has 0 bridgehead atoms. The molecule has 7 rings (SSSR count). The van der Waals surface area contributed by atoms with Gasteiger partial charge in [-0.15, -0.1) is 0 Å². The minimum atomic E-state index is -0.975. The van der Waals surface area contributed by atoms with Crippen LogP contribution >= 0.6 is 0 Å². The summed E-state index contributed by atoms with van der Waals surface area (Å²) in [6.45, 7) is 1.00. The first-order valence-corrected chi connectivity index (χ1v) is 16.9. The summed E-state index contributed by atoms with van der Waals surface area (Å²) in [7, 11) is 1.55. The van der Waals surface area contributed by atoms with E-state index >= 15 is 0 Å². The SMILES string of the molecule is CO[C@H]1O[C@H](NC(=O)OCC2c3ccccc3-c3ccccc32)[C@@H](OCc2ccccc2)[C@H](OCc2ccccc2)[C@H]1OCc1ccccc1. The van der Waals surface area contributed by atoms with Gasteiger partial charge in [0, 0.05) is 13.0 Å². The quantitative estimate of drug-likeness (QED) is 0.138. The molecule has 1 N–H and O–H groups in total. The van der Waals surface area contributed by atoms with Crippen LogP contribution in [0.2, 0.25) is 0 Å². The average Bonchev–Trinajstić information content (AvgIpc) is 3.49. The van der Waals surface area contributed by atoms with Gasteiger partial charge in [-0.3, -0.25) is 5.32 Å². The normalized spacial score (nSPS) is 21.3. The lowest BCUT2D eigenvalue weighted by Crippen LogP contribution is -2.64. The Hall–Kier alpha value is -4.83. The number of carbonyl (C=O) groups is 1. The van der Waals surface area contributed by atoms with Gasteiger partial charge in [0.2, 0.25) is 0 Å². The highest BCUT2D eigenvalue weighted by Crippen LogP contribution is 2.44. The van der Waals surface area contributed by atoms with Gasteiger partial charge in [-0.2, -0.15) is 0 Å². The standard InChI is InChI=1S/C42H41NO7/c1-45-41-39(48-27-31-19-9-4-10-20-31)37(46-25-29-15-5-2-6-16-29)38(47-26-30-17-7-3-8-18-30)40(50-41)43-42(44)49-28-36-34-23-13-11-21-32(34)33-22-12-14-24-35(33)36/h2-24,36-41H,25-28H2,1H3,(H,43,44)/t37-,38-,39+,40-,41-/m0/s1. The molecule has 5 atom stereocenters. The predicted octanol–water partition coefficient (Wildman–Crippen LogP) is 7.61. The van der Waals surface area contributed by atoms with Gasteiger partial charge in [0.1, 0.15) is 24.9 Å². The van der Waals surface area contributed by atoms with Crippen molar-refractivity contribution in [3.63, 3.8) is 0 Å². The fraction of sp³-hybridized carbons (Fsp3) is 0.262. The summed E-state index contributed by atoms with van der Waals surface area (Å²) in [6.07, 6.45) is -4.66. The number of fused-ring (bicyclic) bond motifs is 3. The second kappa shape index (κ2) is 16.3. The molecule has 5 aromatic rings. The van der Waals surface area contributed by atoms with E-state index in [1.807, 2.05) is 115 Å². The Morgan fingerprint density at radius 1 is 0.580 bits per heavy atom. The van der Waals surface area contributed by atoms with Crippen molar-refractivity contribution >= 4 is 6.09 Å². The number of nitrogens with one attached hydrogen (secondary N) is 1. The van der Waals surface area contributed by atoms with Crippen LogP contribution in [-0.4, -0.2) is 50.6 Å². The molecule has 1 aliphatic carbocycles. The Kier molecular flexibility index (Phi) is 10.9. The van der Waals surface area contributed by atoms with E-state index in [2.05, 4.69) is 29.6 Å². The number of rotatable bonds is 13. The van der Waals surface area contributed by atoms with Gasteiger partial charge in [0.05, 0.1) is 19.8 Å². The number of hydrogen-bond donors (Lipinski definition) is 1. The van der Waals surface area contributed by atoms with Crippen LogP contribution < -0.4 is 5.32 Å². The lowest BCUT2D eigenvalue weighted by molar-refractivity contribution is -0.321. The molecule has 8 heteroatoms. The fourth-order valence-electron chi connectivity index (χ4n) is 6.72. The third-order valence-electron chi connectivity index (χ3n) is 9.19. The van der Waals surface area contributed by atoms with E-state index in [1.165, 1.54) is 0 Å². The Labute approximate surface area is 292 Å². The van der Waals surface area contributed by atoms with E-state index in [0.717, 1.165) is 38.9 Å². The molecular weight excluding hydrogens is 630 g/mol. The zero-order valence-electron chi connectivity index (χ0n) is 27.9. The maximum Gasteiger partial charge on any atom is 0.409 e.